The maximum absolute atomic E-state index is 5.63. The van der Waals surface area contributed by atoms with Crippen molar-refractivity contribution in [3.63, 3.8) is 0 Å². The SMILES string of the molecule is CCCNCc1c(C)nn(C)c1N1CCOCC1(C)C. The molecule has 0 unspecified atom stereocenters. The molecule has 1 aliphatic heterocycles. The molecule has 2 rings (SSSR count). The highest BCUT2D eigenvalue weighted by molar-refractivity contribution is 5.52. The van der Waals surface area contributed by atoms with Crippen molar-refractivity contribution in [2.45, 2.75) is 46.2 Å². The van der Waals surface area contributed by atoms with Crippen molar-refractivity contribution >= 4 is 5.82 Å². The smallest absolute Gasteiger partial charge is 0.131 e. The molecule has 1 aliphatic rings. The molecule has 0 radical (unpaired) electrons. The van der Waals surface area contributed by atoms with Gasteiger partial charge in [-0.3, -0.25) is 4.68 Å². The zero-order valence-corrected chi connectivity index (χ0v) is 13.5. The van der Waals surface area contributed by atoms with Crippen molar-refractivity contribution in [2.24, 2.45) is 7.05 Å². The first-order valence-electron chi connectivity index (χ1n) is 7.56. The molecule has 0 saturated carbocycles. The first kappa shape index (κ1) is 15.3. The van der Waals surface area contributed by atoms with Crippen LogP contribution >= 0.6 is 0 Å². The van der Waals surface area contributed by atoms with Crippen LogP contribution in [-0.4, -0.2) is 41.6 Å². The van der Waals surface area contributed by atoms with Gasteiger partial charge in [-0.2, -0.15) is 5.10 Å². The summed E-state index contributed by atoms with van der Waals surface area (Å²) in [4.78, 5) is 2.44. The van der Waals surface area contributed by atoms with E-state index < -0.39 is 0 Å². The normalized spacial score (nSPS) is 18.6. The molecule has 1 aromatic heterocycles. The molecular formula is C15H28N4O. The molecule has 0 bridgehead atoms. The predicted molar refractivity (Wildman–Crippen MR) is 82.2 cm³/mol. The lowest BCUT2D eigenvalue weighted by Crippen LogP contribution is -2.54. The lowest BCUT2D eigenvalue weighted by Gasteiger charge is -2.44. The number of aryl methyl sites for hydroxylation is 2. The summed E-state index contributed by atoms with van der Waals surface area (Å²) >= 11 is 0. The van der Waals surface area contributed by atoms with Crippen LogP contribution in [0.1, 0.15) is 38.4 Å². The molecule has 0 aliphatic carbocycles. The largest absolute Gasteiger partial charge is 0.377 e. The minimum absolute atomic E-state index is 0.0119. The Hall–Kier alpha value is -1.07. The maximum atomic E-state index is 5.63. The topological polar surface area (TPSA) is 42.3 Å². The third kappa shape index (κ3) is 2.99. The van der Waals surface area contributed by atoms with Crippen LogP contribution in [0.5, 0.6) is 0 Å². The number of anilines is 1. The second-order valence-electron chi connectivity index (χ2n) is 6.20. The van der Waals surface area contributed by atoms with Gasteiger partial charge in [0.2, 0.25) is 0 Å². The van der Waals surface area contributed by atoms with Gasteiger partial charge in [0.15, 0.2) is 0 Å². The van der Waals surface area contributed by atoms with Crippen LogP contribution in [0, 0.1) is 6.92 Å². The minimum Gasteiger partial charge on any atom is -0.377 e. The van der Waals surface area contributed by atoms with Gasteiger partial charge in [-0.05, 0) is 33.7 Å². The Kier molecular flexibility index (Phi) is 4.70. The number of hydrogen-bond acceptors (Lipinski definition) is 4. The molecule has 2 heterocycles. The average Bonchev–Trinajstić information content (AvgIpc) is 2.65. The summed E-state index contributed by atoms with van der Waals surface area (Å²) in [6.45, 7) is 13.2. The van der Waals surface area contributed by atoms with Crippen molar-refractivity contribution < 1.29 is 4.74 Å². The standard InChI is InChI=1S/C15H28N4O/c1-6-7-16-10-13-12(2)17-18(5)14(13)19-8-9-20-11-15(19,3)4/h16H,6-11H2,1-5H3. The summed E-state index contributed by atoms with van der Waals surface area (Å²) in [5.41, 5.74) is 2.45. The number of nitrogens with one attached hydrogen (secondary N) is 1. The molecule has 0 amide bonds. The highest BCUT2D eigenvalue weighted by Crippen LogP contribution is 2.31. The lowest BCUT2D eigenvalue weighted by molar-refractivity contribution is 0.0633. The number of aromatic nitrogens is 2. The van der Waals surface area contributed by atoms with Crippen molar-refractivity contribution in [3.8, 4) is 0 Å². The van der Waals surface area contributed by atoms with Gasteiger partial charge in [0.25, 0.3) is 0 Å². The fourth-order valence-corrected chi connectivity index (χ4v) is 2.88. The fraction of sp³-hybridized carbons (Fsp3) is 0.800. The molecule has 1 aromatic rings. The Bertz CT molecular complexity index is 453. The van der Waals surface area contributed by atoms with E-state index in [1.165, 1.54) is 11.4 Å². The van der Waals surface area contributed by atoms with E-state index in [1.54, 1.807) is 0 Å². The Morgan fingerprint density at radius 1 is 1.40 bits per heavy atom. The third-order valence-electron chi connectivity index (χ3n) is 3.94. The van der Waals surface area contributed by atoms with Gasteiger partial charge in [0.1, 0.15) is 5.82 Å². The molecule has 0 spiro atoms. The monoisotopic (exact) mass is 280 g/mol. The quantitative estimate of drug-likeness (QED) is 0.836. The van der Waals surface area contributed by atoms with Gasteiger partial charge < -0.3 is 15.0 Å². The second-order valence-corrected chi connectivity index (χ2v) is 6.20. The van der Waals surface area contributed by atoms with Crippen LogP contribution in [0.2, 0.25) is 0 Å². The molecule has 0 atom stereocenters. The number of ether oxygens (including phenoxy) is 1. The first-order valence-corrected chi connectivity index (χ1v) is 7.56. The van der Waals surface area contributed by atoms with E-state index in [0.717, 1.165) is 45.0 Å². The second kappa shape index (κ2) is 6.14. The zero-order valence-electron chi connectivity index (χ0n) is 13.5. The first-order chi connectivity index (χ1) is 9.47. The van der Waals surface area contributed by atoms with E-state index in [4.69, 9.17) is 4.74 Å². The zero-order chi connectivity index (χ0) is 14.8. The molecule has 5 nitrogen and oxygen atoms in total. The van der Waals surface area contributed by atoms with Crippen molar-refractivity contribution in [1.82, 2.24) is 15.1 Å². The van der Waals surface area contributed by atoms with E-state index in [-0.39, 0.29) is 5.54 Å². The molecule has 114 valence electrons. The summed E-state index contributed by atoms with van der Waals surface area (Å²) in [6, 6.07) is 0. The fourth-order valence-electron chi connectivity index (χ4n) is 2.88. The van der Waals surface area contributed by atoms with Crippen LogP contribution in [0.4, 0.5) is 5.82 Å². The van der Waals surface area contributed by atoms with Gasteiger partial charge >= 0.3 is 0 Å². The molecule has 1 N–H and O–H groups in total. The lowest BCUT2D eigenvalue weighted by atomic mass is 10.0. The van der Waals surface area contributed by atoms with Gasteiger partial charge in [0, 0.05) is 25.7 Å². The Balaban J connectivity index is 2.29. The summed E-state index contributed by atoms with van der Waals surface area (Å²) in [5, 5.41) is 8.13. The Morgan fingerprint density at radius 3 is 2.80 bits per heavy atom. The predicted octanol–water partition coefficient (Wildman–Crippen LogP) is 1.84. The van der Waals surface area contributed by atoms with E-state index in [1.807, 2.05) is 11.7 Å². The van der Waals surface area contributed by atoms with E-state index >= 15 is 0 Å². The van der Waals surface area contributed by atoms with Gasteiger partial charge in [-0.1, -0.05) is 6.92 Å². The molecule has 1 fully saturated rings. The minimum atomic E-state index is 0.0119. The van der Waals surface area contributed by atoms with Crippen LogP contribution in [-0.2, 0) is 18.3 Å². The number of rotatable bonds is 5. The van der Waals surface area contributed by atoms with E-state index in [0.29, 0.717) is 0 Å². The summed E-state index contributed by atoms with van der Waals surface area (Å²) in [7, 11) is 2.04. The van der Waals surface area contributed by atoms with Crippen LogP contribution in [0.3, 0.4) is 0 Å². The van der Waals surface area contributed by atoms with Gasteiger partial charge in [0.05, 0.1) is 24.4 Å². The van der Waals surface area contributed by atoms with Crippen LogP contribution in [0.15, 0.2) is 0 Å². The molecular weight excluding hydrogens is 252 g/mol. The van der Waals surface area contributed by atoms with E-state index in [9.17, 15) is 0 Å². The van der Waals surface area contributed by atoms with E-state index in [2.05, 4.69) is 43.0 Å². The van der Waals surface area contributed by atoms with Crippen LogP contribution < -0.4 is 10.2 Å². The molecule has 20 heavy (non-hydrogen) atoms. The number of morpholine rings is 1. The van der Waals surface area contributed by atoms with Crippen molar-refractivity contribution in [2.75, 3.05) is 31.2 Å². The van der Waals surface area contributed by atoms with Crippen molar-refractivity contribution in [1.29, 1.82) is 0 Å². The summed E-state index contributed by atoms with van der Waals surface area (Å²) in [5.74, 6) is 1.24. The molecule has 1 saturated heterocycles. The highest BCUT2D eigenvalue weighted by Gasteiger charge is 2.34. The molecule has 5 heteroatoms. The summed E-state index contributed by atoms with van der Waals surface area (Å²) in [6.07, 6.45) is 1.15. The Labute approximate surface area is 122 Å². The number of hydrogen-bond donors (Lipinski definition) is 1. The van der Waals surface area contributed by atoms with Crippen molar-refractivity contribution in [3.05, 3.63) is 11.3 Å². The average molecular weight is 280 g/mol. The van der Waals surface area contributed by atoms with Crippen LogP contribution in [0.25, 0.3) is 0 Å². The molecule has 0 aromatic carbocycles. The highest BCUT2D eigenvalue weighted by atomic mass is 16.5. The Morgan fingerprint density at radius 2 is 2.15 bits per heavy atom. The maximum Gasteiger partial charge on any atom is 0.131 e. The third-order valence-corrected chi connectivity index (χ3v) is 3.94. The number of nitrogens with zero attached hydrogens (tertiary/aromatic N) is 3. The van der Waals surface area contributed by atoms with Gasteiger partial charge in [-0.15, -0.1) is 0 Å². The summed E-state index contributed by atoms with van der Waals surface area (Å²) < 4.78 is 7.65. The van der Waals surface area contributed by atoms with Gasteiger partial charge in [-0.25, -0.2) is 0 Å².